The number of hydrogen-bond acceptors (Lipinski definition) is 5. The topological polar surface area (TPSA) is 51.2 Å². The molecule has 1 amide bonds. The number of carbonyl (C=O) groups is 1. The van der Waals surface area contributed by atoms with Crippen molar-refractivity contribution >= 4 is 44.4 Å². The van der Waals surface area contributed by atoms with Gasteiger partial charge in [-0.2, -0.15) is 0 Å². The Labute approximate surface area is 153 Å². The molecule has 0 fully saturated rings. The van der Waals surface area contributed by atoms with Gasteiger partial charge in [-0.25, -0.2) is 9.37 Å². The summed E-state index contributed by atoms with van der Waals surface area (Å²) in [7, 11) is 1.64. The van der Waals surface area contributed by atoms with Gasteiger partial charge in [0.2, 0.25) is 5.91 Å². The van der Waals surface area contributed by atoms with Gasteiger partial charge in [0.1, 0.15) is 11.6 Å². The molecule has 0 aliphatic heterocycles. The summed E-state index contributed by atoms with van der Waals surface area (Å²) in [6.45, 7) is 0. The van der Waals surface area contributed by atoms with Crippen LogP contribution in [0.5, 0.6) is 5.75 Å². The van der Waals surface area contributed by atoms with E-state index in [9.17, 15) is 9.18 Å². The number of benzene rings is 2. The molecule has 130 valence electrons. The highest BCUT2D eigenvalue weighted by Gasteiger charge is 2.08. The van der Waals surface area contributed by atoms with Crippen molar-refractivity contribution in [2.45, 2.75) is 17.7 Å². The molecule has 0 atom stereocenters. The Kier molecular flexibility index (Phi) is 5.88. The van der Waals surface area contributed by atoms with E-state index >= 15 is 0 Å². The third kappa shape index (κ3) is 4.93. The van der Waals surface area contributed by atoms with E-state index < -0.39 is 0 Å². The highest BCUT2D eigenvalue weighted by Crippen LogP contribution is 2.27. The maximum Gasteiger partial charge on any atom is 0.226 e. The van der Waals surface area contributed by atoms with Gasteiger partial charge in [-0.3, -0.25) is 4.79 Å². The number of halogens is 1. The minimum Gasteiger partial charge on any atom is -0.497 e. The van der Waals surface area contributed by atoms with Crippen molar-refractivity contribution in [3.05, 3.63) is 48.3 Å². The number of ether oxygens (including phenoxy) is 1. The molecule has 0 aliphatic rings. The summed E-state index contributed by atoms with van der Waals surface area (Å²) in [5.41, 5.74) is 0.691. The van der Waals surface area contributed by atoms with Crippen LogP contribution >= 0.6 is 23.1 Å². The molecule has 7 heteroatoms. The van der Waals surface area contributed by atoms with Crippen LogP contribution in [0.4, 0.5) is 9.52 Å². The summed E-state index contributed by atoms with van der Waals surface area (Å²) >= 11 is 2.98. The van der Waals surface area contributed by atoms with E-state index in [0.29, 0.717) is 17.1 Å². The van der Waals surface area contributed by atoms with Crippen molar-refractivity contribution in [1.82, 2.24) is 4.98 Å². The number of nitrogens with zero attached hydrogens (tertiary/aromatic N) is 1. The maximum absolute atomic E-state index is 13.2. The minimum atomic E-state index is -0.301. The number of anilines is 1. The van der Waals surface area contributed by atoms with Crippen LogP contribution in [0.3, 0.4) is 0 Å². The molecule has 1 aromatic heterocycles. The Hall–Kier alpha value is -2.12. The van der Waals surface area contributed by atoms with Gasteiger partial charge in [-0.05, 0) is 54.6 Å². The number of fused-ring (bicyclic) bond motifs is 1. The molecule has 0 unspecified atom stereocenters. The number of hydrogen-bond donors (Lipinski definition) is 1. The maximum atomic E-state index is 13.2. The Morgan fingerprint density at radius 3 is 2.84 bits per heavy atom. The molecule has 25 heavy (non-hydrogen) atoms. The van der Waals surface area contributed by atoms with Crippen LogP contribution in [-0.4, -0.2) is 23.8 Å². The van der Waals surface area contributed by atoms with E-state index in [0.717, 1.165) is 27.5 Å². The minimum absolute atomic E-state index is 0.0742. The summed E-state index contributed by atoms with van der Waals surface area (Å²) in [4.78, 5) is 17.4. The van der Waals surface area contributed by atoms with Gasteiger partial charge in [0.15, 0.2) is 5.13 Å². The highest BCUT2D eigenvalue weighted by molar-refractivity contribution is 7.99. The predicted octanol–water partition coefficient (Wildman–Crippen LogP) is 4.96. The molecule has 0 spiro atoms. The van der Waals surface area contributed by atoms with E-state index in [2.05, 4.69) is 10.3 Å². The molecule has 1 heterocycles. The van der Waals surface area contributed by atoms with Crippen LogP contribution in [0.2, 0.25) is 0 Å². The van der Waals surface area contributed by atoms with Gasteiger partial charge in [0, 0.05) is 11.3 Å². The van der Waals surface area contributed by atoms with E-state index in [1.807, 2.05) is 24.3 Å². The van der Waals surface area contributed by atoms with Crippen LogP contribution in [-0.2, 0) is 4.79 Å². The van der Waals surface area contributed by atoms with Crippen molar-refractivity contribution in [1.29, 1.82) is 0 Å². The van der Waals surface area contributed by atoms with E-state index in [4.69, 9.17) is 4.74 Å². The lowest BCUT2D eigenvalue weighted by molar-refractivity contribution is -0.116. The molecule has 0 saturated carbocycles. The van der Waals surface area contributed by atoms with Gasteiger partial charge in [-0.1, -0.05) is 11.3 Å². The average Bonchev–Trinajstić information content (AvgIpc) is 3.00. The first-order chi connectivity index (χ1) is 12.1. The molecule has 2 aromatic carbocycles. The van der Waals surface area contributed by atoms with E-state index in [1.54, 1.807) is 24.9 Å². The van der Waals surface area contributed by atoms with Crippen molar-refractivity contribution < 1.29 is 13.9 Å². The number of amides is 1. The van der Waals surface area contributed by atoms with Crippen molar-refractivity contribution in [3.8, 4) is 5.75 Å². The molecule has 4 nitrogen and oxygen atoms in total. The summed E-state index contributed by atoms with van der Waals surface area (Å²) in [5, 5.41) is 3.29. The number of methoxy groups -OCH3 is 1. The van der Waals surface area contributed by atoms with Gasteiger partial charge in [0.05, 0.1) is 17.3 Å². The molecule has 3 rings (SSSR count). The fourth-order valence-electron chi connectivity index (χ4n) is 2.23. The van der Waals surface area contributed by atoms with Crippen LogP contribution < -0.4 is 10.1 Å². The lowest BCUT2D eigenvalue weighted by Crippen LogP contribution is -2.11. The number of thioether (sulfide) groups is 1. The predicted molar refractivity (Wildman–Crippen MR) is 101 cm³/mol. The second-order valence-electron chi connectivity index (χ2n) is 5.31. The van der Waals surface area contributed by atoms with Gasteiger partial charge >= 0.3 is 0 Å². The number of aromatic nitrogens is 1. The summed E-state index contributed by atoms with van der Waals surface area (Å²) < 4.78 is 19.0. The second-order valence-corrected chi connectivity index (χ2v) is 7.51. The molecule has 1 N–H and O–H groups in total. The fourth-order valence-corrected chi connectivity index (χ4v) is 3.99. The van der Waals surface area contributed by atoms with Crippen LogP contribution in [0.15, 0.2) is 47.4 Å². The largest absolute Gasteiger partial charge is 0.497 e. The third-order valence-electron chi connectivity index (χ3n) is 3.47. The van der Waals surface area contributed by atoms with Crippen LogP contribution in [0.1, 0.15) is 12.8 Å². The monoisotopic (exact) mass is 376 g/mol. The lowest BCUT2D eigenvalue weighted by Gasteiger charge is -2.04. The van der Waals surface area contributed by atoms with Crippen molar-refractivity contribution in [2.75, 3.05) is 18.2 Å². The molecule has 0 saturated heterocycles. The zero-order chi connectivity index (χ0) is 17.6. The van der Waals surface area contributed by atoms with Gasteiger partial charge < -0.3 is 10.1 Å². The number of nitrogens with one attached hydrogen (secondary N) is 1. The smallest absolute Gasteiger partial charge is 0.226 e. The first kappa shape index (κ1) is 17.7. The number of thiazole rings is 1. The molecule has 3 aromatic rings. The zero-order valence-electron chi connectivity index (χ0n) is 13.6. The first-order valence-electron chi connectivity index (χ1n) is 7.77. The first-order valence-corrected chi connectivity index (χ1v) is 9.57. The highest BCUT2D eigenvalue weighted by atomic mass is 32.2. The quantitative estimate of drug-likeness (QED) is 0.468. The molecule has 0 aliphatic carbocycles. The van der Waals surface area contributed by atoms with Gasteiger partial charge in [0.25, 0.3) is 0 Å². The molecule has 0 bridgehead atoms. The SMILES string of the molecule is COc1ccc(SCCCC(=O)Nc2nc3ccc(F)cc3s2)cc1. The van der Waals surface area contributed by atoms with Gasteiger partial charge in [-0.15, -0.1) is 11.8 Å². The average molecular weight is 376 g/mol. The summed E-state index contributed by atoms with van der Waals surface area (Å²) in [6, 6.07) is 12.3. The van der Waals surface area contributed by atoms with Crippen molar-refractivity contribution in [3.63, 3.8) is 0 Å². The second kappa shape index (κ2) is 8.31. The Morgan fingerprint density at radius 2 is 2.08 bits per heavy atom. The Bertz CT molecular complexity index is 865. The molecular weight excluding hydrogens is 359 g/mol. The summed E-state index contributed by atoms with van der Waals surface area (Å²) in [6.07, 6.45) is 1.19. The van der Waals surface area contributed by atoms with Crippen LogP contribution in [0.25, 0.3) is 10.2 Å². The molecule has 0 radical (unpaired) electrons. The fraction of sp³-hybridized carbons (Fsp3) is 0.222. The Morgan fingerprint density at radius 1 is 1.28 bits per heavy atom. The lowest BCUT2D eigenvalue weighted by atomic mass is 10.3. The number of carbonyl (C=O) groups excluding carboxylic acids is 1. The van der Waals surface area contributed by atoms with Crippen LogP contribution in [0, 0.1) is 5.82 Å². The van der Waals surface area contributed by atoms with Crippen molar-refractivity contribution in [2.24, 2.45) is 0 Å². The third-order valence-corrected chi connectivity index (χ3v) is 5.51. The standard InChI is InChI=1S/C18H17FN2O2S2/c1-23-13-5-7-14(8-6-13)24-10-2-3-17(22)21-18-20-15-9-4-12(19)11-16(15)25-18/h4-9,11H,2-3,10H2,1H3,(H,20,21,22). The Balaban J connectivity index is 1.44. The number of rotatable bonds is 7. The van der Waals surface area contributed by atoms with E-state index in [1.165, 1.54) is 23.5 Å². The van der Waals surface area contributed by atoms with E-state index in [-0.39, 0.29) is 11.7 Å². The molecular formula is C18H17FN2O2S2. The zero-order valence-corrected chi connectivity index (χ0v) is 15.3. The summed E-state index contributed by atoms with van der Waals surface area (Å²) in [5.74, 6) is 1.31. The normalized spacial score (nSPS) is 10.8.